The van der Waals surface area contributed by atoms with Gasteiger partial charge >= 0.3 is 6.03 Å². The lowest BCUT2D eigenvalue weighted by Crippen LogP contribution is -2.36. The van der Waals surface area contributed by atoms with E-state index in [2.05, 4.69) is 38.5 Å². The van der Waals surface area contributed by atoms with Crippen LogP contribution in [0.1, 0.15) is 25.7 Å². The van der Waals surface area contributed by atoms with Gasteiger partial charge in [-0.15, -0.1) is 0 Å². The molecule has 0 saturated carbocycles. The van der Waals surface area contributed by atoms with E-state index in [4.69, 9.17) is 14.2 Å². The van der Waals surface area contributed by atoms with Gasteiger partial charge in [0.1, 0.15) is 0 Å². The molecular formula is C18H32IN3O5S. The van der Waals surface area contributed by atoms with Gasteiger partial charge in [-0.25, -0.2) is 4.79 Å². The number of nitrogens with one attached hydrogen (secondary N) is 3. The highest BCUT2D eigenvalue weighted by molar-refractivity contribution is 14.1. The SMILES string of the molecule is O=C(CCCC[C@@H]1SC[C@@H]2NC(=O)N[C@@H]21)NCCOCCOCCOCCI. The minimum atomic E-state index is -0.0471. The molecule has 2 saturated heterocycles. The van der Waals surface area contributed by atoms with Crippen molar-refractivity contribution in [2.75, 3.05) is 56.4 Å². The monoisotopic (exact) mass is 529 g/mol. The number of ether oxygens (including phenoxy) is 3. The first kappa shape index (κ1) is 24.0. The summed E-state index contributed by atoms with van der Waals surface area (Å²) in [6.07, 6.45) is 3.44. The van der Waals surface area contributed by atoms with Gasteiger partial charge in [-0.05, 0) is 12.8 Å². The van der Waals surface area contributed by atoms with Crippen LogP contribution in [0.5, 0.6) is 0 Å². The summed E-state index contributed by atoms with van der Waals surface area (Å²) in [6.45, 7) is 4.04. The van der Waals surface area contributed by atoms with Gasteiger partial charge in [-0.2, -0.15) is 11.8 Å². The zero-order valence-electron chi connectivity index (χ0n) is 16.3. The van der Waals surface area contributed by atoms with Crippen LogP contribution in [-0.4, -0.2) is 85.6 Å². The Bertz CT molecular complexity index is 475. The van der Waals surface area contributed by atoms with E-state index in [0.29, 0.717) is 51.2 Å². The molecule has 3 N–H and O–H groups in total. The molecule has 0 aromatic carbocycles. The molecule has 10 heteroatoms. The van der Waals surface area contributed by atoms with Crippen molar-refractivity contribution in [1.82, 2.24) is 16.0 Å². The van der Waals surface area contributed by atoms with E-state index in [1.807, 2.05) is 11.8 Å². The number of hydrogen-bond donors (Lipinski definition) is 3. The number of alkyl halides is 1. The second kappa shape index (κ2) is 14.6. The lowest BCUT2D eigenvalue weighted by molar-refractivity contribution is -0.121. The number of carbonyl (C=O) groups is 2. The largest absolute Gasteiger partial charge is 0.378 e. The van der Waals surface area contributed by atoms with Gasteiger partial charge in [0.05, 0.1) is 51.7 Å². The highest BCUT2D eigenvalue weighted by atomic mass is 127. The van der Waals surface area contributed by atoms with Crippen LogP contribution in [0.15, 0.2) is 0 Å². The first-order valence-electron chi connectivity index (χ1n) is 9.95. The van der Waals surface area contributed by atoms with Crippen molar-refractivity contribution in [3.63, 3.8) is 0 Å². The smallest absolute Gasteiger partial charge is 0.315 e. The third-order valence-corrected chi connectivity index (χ3v) is 6.56. The molecule has 0 radical (unpaired) electrons. The molecule has 0 aromatic rings. The summed E-state index contributed by atoms with van der Waals surface area (Å²) in [5, 5.41) is 9.29. The summed E-state index contributed by atoms with van der Waals surface area (Å²) in [5.74, 6) is 1.05. The van der Waals surface area contributed by atoms with Crippen LogP contribution in [0.2, 0.25) is 0 Å². The number of amides is 3. The van der Waals surface area contributed by atoms with E-state index in [0.717, 1.165) is 36.0 Å². The zero-order chi connectivity index (χ0) is 20.0. The molecule has 28 heavy (non-hydrogen) atoms. The number of carbonyl (C=O) groups excluding carboxylic acids is 2. The maximum Gasteiger partial charge on any atom is 0.315 e. The Morgan fingerprint density at radius 1 is 1.07 bits per heavy atom. The fourth-order valence-electron chi connectivity index (χ4n) is 3.22. The molecule has 2 aliphatic rings. The van der Waals surface area contributed by atoms with E-state index in [1.54, 1.807) is 0 Å². The van der Waals surface area contributed by atoms with Gasteiger partial charge in [0.25, 0.3) is 0 Å². The van der Waals surface area contributed by atoms with E-state index in [9.17, 15) is 9.59 Å². The molecule has 2 heterocycles. The number of fused-ring (bicyclic) bond motifs is 1. The van der Waals surface area contributed by atoms with Crippen molar-refractivity contribution in [3.05, 3.63) is 0 Å². The Hall–Kier alpha value is -0.300. The van der Waals surface area contributed by atoms with Gasteiger partial charge in [-0.1, -0.05) is 29.0 Å². The lowest BCUT2D eigenvalue weighted by atomic mass is 10.0. The molecule has 0 bridgehead atoms. The first-order valence-corrected chi connectivity index (χ1v) is 12.5. The van der Waals surface area contributed by atoms with Crippen molar-refractivity contribution < 1.29 is 23.8 Å². The van der Waals surface area contributed by atoms with Crippen LogP contribution in [0, 0.1) is 0 Å². The van der Waals surface area contributed by atoms with Crippen molar-refractivity contribution in [2.24, 2.45) is 0 Å². The Labute approximate surface area is 185 Å². The van der Waals surface area contributed by atoms with Crippen LogP contribution in [0.3, 0.4) is 0 Å². The van der Waals surface area contributed by atoms with Gasteiger partial charge < -0.3 is 30.2 Å². The predicted molar refractivity (Wildman–Crippen MR) is 118 cm³/mol. The average molecular weight is 529 g/mol. The maximum atomic E-state index is 11.8. The van der Waals surface area contributed by atoms with E-state index in [1.165, 1.54) is 0 Å². The highest BCUT2D eigenvalue weighted by Crippen LogP contribution is 2.33. The quantitative estimate of drug-likeness (QED) is 0.121. The third kappa shape index (κ3) is 9.47. The summed E-state index contributed by atoms with van der Waals surface area (Å²) in [7, 11) is 0. The summed E-state index contributed by atoms with van der Waals surface area (Å²) in [4.78, 5) is 23.2. The molecule has 3 amide bonds. The van der Waals surface area contributed by atoms with Crippen molar-refractivity contribution in [2.45, 2.75) is 43.0 Å². The van der Waals surface area contributed by atoms with Gasteiger partial charge in [0.2, 0.25) is 5.91 Å². The normalized spacial score (nSPS) is 23.3. The molecule has 162 valence electrons. The molecule has 0 unspecified atom stereocenters. The third-order valence-electron chi connectivity index (χ3n) is 4.61. The molecular weight excluding hydrogens is 497 g/mol. The number of halogens is 1. The number of rotatable bonds is 16. The predicted octanol–water partition coefficient (Wildman–Crippen LogP) is 1.31. The average Bonchev–Trinajstić information content (AvgIpc) is 3.22. The molecule has 3 atom stereocenters. The number of unbranched alkanes of at least 4 members (excludes halogenated alkanes) is 1. The fraction of sp³-hybridized carbons (Fsp3) is 0.889. The Morgan fingerprint density at radius 2 is 1.79 bits per heavy atom. The topological polar surface area (TPSA) is 97.9 Å². The first-order chi connectivity index (χ1) is 13.7. The second-order valence-corrected chi connectivity index (χ2v) is 9.09. The molecule has 0 aliphatic carbocycles. The lowest BCUT2D eigenvalue weighted by Gasteiger charge is -2.16. The van der Waals surface area contributed by atoms with E-state index < -0.39 is 0 Å². The van der Waals surface area contributed by atoms with Crippen LogP contribution < -0.4 is 16.0 Å². The van der Waals surface area contributed by atoms with Crippen molar-refractivity contribution >= 4 is 46.3 Å². The molecule has 8 nitrogen and oxygen atoms in total. The summed E-state index contributed by atoms with van der Waals surface area (Å²) >= 11 is 4.18. The molecule has 2 rings (SSSR count). The van der Waals surface area contributed by atoms with E-state index >= 15 is 0 Å². The summed E-state index contributed by atoms with van der Waals surface area (Å²) in [6, 6.07) is 0.468. The Balaban J connectivity index is 1.34. The van der Waals surface area contributed by atoms with Crippen molar-refractivity contribution in [3.8, 4) is 0 Å². The number of urea groups is 1. The van der Waals surface area contributed by atoms with Gasteiger partial charge in [0.15, 0.2) is 0 Å². The van der Waals surface area contributed by atoms with Crippen LogP contribution in [0.25, 0.3) is 0 Å². The number of thioether (sulfide) groups is 1. The molecule has 0 spiro atoms. The molecule has 0 aromatic heterocycles. The standard InChI is InChI=1S/C18H32IN3O5S/c19-5-7-25-9-11-27-12-10-26-8-6-20-16(23)4-2-1-3-15-17-14(13-28-15)21-18(24)22-17/h14-15,17H,1-13H2,(H,20,23)(H2,21,22,24)/t14-,15-,17-/m0/s1. The maximum absolute atomic E-state index is 11.8. The van der Waals surface area contributed by atoms with E-state index in [-0.39, 0.29) is 24.0 Å². The molecule has 2 aliphatic heterocycles. The Kier molecular flexibility index (Phi) is 12.5. The minimum absolute atomic E-state index is 0.0471. The highest BCUT2D eigenvalue weighted by Gasteiger charge is 2.42. The van der Waals surface area contributed by atoms with Crippen LogP contribution >= 0.6 is 34.4 Å². The second-order valence-electron chi connectivity index (χ2n) is 6.74. The number of hydrogen-bond acceptors (Lipinski definition) is 6. The Morgan fingerprint density at radius 3 is 2.54 bits per heavy atom. The zero-order valence-corrected chi connectivity index (χ0v) is 19.2. The van der Waals surface area contributed by atoms with Crippen LogP contribution in [0.4, 0.5) is 4.79 Å². The summed E-state index contributed by atoms with van der Waals surface area (Å²) in [5.41, 5.74) is 0. The molecule has 2 fully saturated rings. The van der Waals surface area contributed by atoms with Gasteiger partial charge in [0, 0.05) is 28.4 Å². The van der Waals surface area contributed by atoms with Crippen LogP contribution in [-0.2, 0) is 19.0 Å². The van der Waals surface area contributed by atoms with Crippen molar-refractivity contribution in [1.29, 1.82) is 0 Å². The van der Waals surface area contributed by atoms with Gasteiger partial charge in [-0.3, -0.25) is 4.79 Å². The fourth-order valence-corrected chi connectivity index (χ4v) is 5.08. The minimum Gasteiger partial charge on any atom is -0.378 e. The summed E-state index contributed by atoms with van der Waals surface area (Å²) < 4.78 is 17.1.